The van der Waals surface area contributed by atoms with Crippen LogP contribution < -0.4 is 10.6 Å². The molecular formula is C30H27Cl2N3O5. The number of carboxylic acid groups (broad SMARTS) is 1. The molecule has 4 rings (SSSR count). The van der Waals surface area contributed by atoms with Gasteiger partial charge >= 0.3 is 5.97 Å². The molecule has 0 spiro atoms. The molecule has 0 bridgehead atoms. The van der Waals surface area contributed by atoms with Gasteiger partial charge in [0.25, 0.3) is 11.8 Å². The highest BCUT2D eigenvalue weighted by Gasteiger charge is 2.24. The number of benzene rings is 3. The molecule has 206 valence electrons. The molecule has 8 nitrogen and oxygen atoms in total. The zero-order chi connectivity index (χ0) is 28.8. The quantitative estimate of drug-likeness (QED) is 0.334. The monoisotopic (exact) mass is 579 g/mol. The molecule has 1 heterocycles. The van der Waals surface area contributed by atoms with E-state index in [1.54, 1.807) is 35.2 Å². The summed E-state index contributed by atoms with van der Waals surface area (Å²) < 4.78 is 0. The Hall–Kier alpha value is -4.14. The fraction of sp³-hybridized carbons (Fsp3) is 0.200. The average Bonchev–Trinajstić information content (AvgIpc) is 2.92. The first-order valence-electron chi connectivity index (χ1n) is 12.6. The standard InChI is InChI=1S/C30H27Cl2N3O5/c1-18(36)33-23-5-2-4-22(17-23)29(38)35-14-12-21(13-15-35)20-10-8-19(9-11-20)16-26(30(39)40)34-28(37)27-24(31)6-3-7-25(27)32/h2-12,17,26H,13-16H2,1H3,(H,33,36)(H,34,37)(H,39,40)/t26-/m0/s1. The number of rotatable bonds is 8. The van der Waals surface area contributed by atoms with Crippen molar-refractivity contribution in [3.05, 3.63) is 105 Å². The van der Waals surface area contributed by atoms with Gasteiger partial charge in [0.2, 0.25) is 5.91 Å². The molecule has 0 saturated carbocycles. The lowest BCUT2D eigenvalue weighted by Gasteiger charge is -2.27. The van der Waals surface area contributed by atoms with Gasteiger partial charge in [0.15, 0.2) is 0 Å². The maximum atomic E-state index is 13.0. The van der Waals surface area contributed by atoms with Gasteiger partial charge in [-0.2, -0.15) is 0 Å². The number of nitrogens with zero attached hydrogens (tertiary/aromatic N) is 1. The maximum Gasteiger partial charge on any atom is 0.326 e. The molecule has 3 N–H and O–H groups in total. The van der Waals surface area contributed by atoms with Crippen molar-refractivity contribution >= 4 is 58.2 Å². The summed E-state index contributed by atoms with van der Waals surface area (Å²) in [6, 6.07) is 17.8. The second-order valence-electron chi connectivity index (χ2n) is 9.35. The average molecular weight is 580 g/mol. The van der Waals surface area contributed by atoms with Crippen molar-refractivity contribution in [2.45, 2.75) is 25.8 Å². The van der Waals surface area contributed by atoms with E-state index in [0.717, 1.165) is 16.7 Å². The van der Waals surface area contributed by atoms with E-state index in [1.165, 1.54) is 19.1 Å². The van der Waals surface area contributed by atoms with Gasteiger partial charge in [0, 0.05) is 37.7 Å². The number of halogens is 2. The van der Waals surface area contributed by atoms with Crippen molar-refractivity contribution < 1.29 is 24.3 Å². The number of aliphatic carboxylic acids is 1. The molecule has 3 aromatic rings. The van der Waals surface area contributed by atoms with Crippen LogP contribution in [0.1, 0.15) is 45.2 Å². The number of carbonyl (C=O) groups excluding carboxylic acids is 3. The normalized spacial score (nSPS) is 13.7. The van der Waals surface area contributed by atoms with E-state index in [4.69, 9.17) is 23.2 Å². The minimum absolute atomic E-state index is 0.0321. The molecule has 1 atom stereocenters. The number of carbonyl (C=O) groups is 4. The Labute approximate surface area is 241 Å². The van der Waals surface area contributed by atoms with Crippen LogP contribution in [-0.4, -0.2) is 52.8 Å². The predicted octanol–water partition coefficient (Wildman–Crippen LogP) is 5.31. The Bertz CT molecular complexity index is 1470. The molecule has 3 amide bonds. The molecule has 0 aromatic heterocycles. The summed E-state index contributed by atoms with van der Waals surface area (Å²) in [5.74, 6) is -2.15. The Morgan fingerprint density at radius 3 is 2.25 bits per heavy atom. The van der Waals surface area contributed by atoms with Crippen LogP contribution in [0.25, 0.3) is 5.57 Å². The Balaban J connectivity index is 1.39. The summed E-state index contributed by atoms with van der Waals surface area (Å²) >= 11 is 12.2. The fourth-order valence-corrected chi connectivity index (χ4v) is 5.04. The van der Waals surface area contributed by atoms with E-state index in [-0.39, 0.29) is 33.8 Å². The molecule has 0 unspecified atom stereocenters. The first-order valence-corrected chi connectivity index (χ1v) is 13.3. The lowest BCUT2D eigenvalue weighted by Crippen LogP contribution is -2.42. The maximum absolute atomic E-state index is 13.0. The fourth-order valence-electron chi connectivity index (χ4n) is 4.47. The number of hydrogen-bond donors (Lipinski definition) is 3. The third-order valence-corrected chi connectivity index (χ3v) is 7.11. The summed E-state index contributed by atoms with van der Waals surface area (Å²) in [6.45, 7) is 2.39. The van der Waals surface area contributed by atoms with Crippen molar-refractivity contribution in [3.63, 3.8) is 0 Å². The SMILES string of the molecule is CC(=O)Nc1cccc(C(=O)N2CC=C(c3ccc(C[C@H](NC(=O)c4c(Cl)cccc4Cl)C(=O)O)cc3)CC2)c1. The number of amides is 3. The van der Waals surface area contributed by atoms with Crippen LogP contribution in [-0.2, 0) is 16.0 Å². The van der Waals surface area contributed by atoms with Gasteiger partial charge in [-0.1, -0.05) is 65.7 Å². The molecule has 0 fully saturated rings. The zero-order valence-electron chi connectivity index (χ0n) is 21.6. The van der Waals surface area contributed by atoms with Crippen LogP contribution >= 0.6 is 23.2 Å². The lowest BCUT2D eigenvalue weighted by molar-refractivity contribution is -0.139. The van der Waals surface area contributed by atoms with Crippen molar-refractivity contribution in [1.82, 2.24) is 10.2 Å². The molecule has 0 radical (unpaired) electrons. The van der Waals surface area contributed by atoms with Gasteiger partial charge in [-0.15, -0.1) is 0 Å². The summed E-state index contributed by atoms with van der Waals surface area (Å²) in [5.41, 5.74) is 3.90. The lowest BCUT2D eigenvalue weighted by atomic mass is 9.96. The van der Waals surface area contributed by atoms with E-state index in [2.05, 4.69) is 10.6 Å². The van der Waals surface area contributed by atoms with Gasteiger partial charge in [-0.05, 0) is 53.5 Å². The minimum Gasteiger partial charge on any atom is -0.480 e. The Morgan fingerprint density at radius 1 is 0.975 bits per heavy atom. The highest BCUT2D eigenvalue weighted by atomic mass is 35.5. The van der Waals surface area contributed by atoms with Gasteiger partial charge in [0.1, 0.15) is 6.04 Å². The Kier molecular flexibility index (Phi) is 9.24. The van der Waals surface area contributed by atoms with Crippen LogP contribution in [0.2, 0.25) is 10.0 Å². The third kappa shape index (κ3) is 7.08. The first kappa shape index (κ1) is 28.9. The van der Waals surface area contributed by atoms with Gasteiger partial charge in [0.05, 0.1) is 15.6 Å². The van der Waals surface area contributed by atoms with E-state index in [0.29, 0.717) is 30.8 Å². The van der Waals surface area contributed by atoms with Gasteiger partial charge < -0.3 is 20.6 Å². The highest BCUT2D eigenvalue weighted by molar-refractivity contribution is 6.39. The highest BCUT2D eigenvalue weighted by Crippen LogP contribution is 2.26. The van der Waals surface area contributed by atoms with Crippen LogP contribution in [0.15, 0.2) is 72.8 Å². The predicted molar refractivity (Wildman–Crippen MR) is 155 cm³/mol. The van der Waals surface area contributed by atoms with E-state index in [9.17, 15) is 24.3 Å². The molecule has 1 aliphatic rings. The molecule has 0 aliphatic carbocycles. The molecule has 3 aromatic carbocycles. The summed E-state index contributed by atoms with van der Waals surface area (Å²) in [4.78, 5) is 50.6. The van der Waals surface area contributed by atoms with Gasteiger partial charge in [-0.3, -0.25) is 14.4 Å². The van der Waals surface area contributed by atoms with Gasteiger partial charge in [-0.25, -0.2) is 4.79 Å². The summed E-state index contributed by atoms with van der Waals surface area (Å²) in [5, 5.41) is 15.2. The zero-order valence-corrected chi connectivity index (χ0v) is 23.1. The topological polar surface area (TPSA) is 116 Å². The van der Waals surface area contributed by atoms with Crippen molar-refractivity contribution in [1.29, 1.82) is 0 Å². The first-order chi connectivity index (χ1) is 19.1. The molecule has 0 saturated heterocycles. The number of anilines is 1. The molecule has 10 heteroatoms. The van der Waals surface area contributed by atoms with Crippen LogP contribution in [0.3, 0.4) is 0 Å². The van der Waals surface area contributed by atoms with Crippen LogP contribution in [0, 0.1) is 0 Å². The Morgan fingerprint density at radius 2 is 1.65 bits per heavy atom. The minimum atomic E-state index is -1.18. The van der Waals surface area contributed by atoms with Crippen molar-refractivity contribution in [2.24, 2.45) is 0 Å². The molecule has 1 aliphatic heterocycles. The second-order valence-corrected chi connectivity index (χ2v) is 10.2. The molecule has 40 heavy (non-hydrogen) atoms. The smallest absolute Gasteiger partial charge is 0.326 e. The largest absolute Gasteiger partial charge is 0.480 e. The summed E-state index contributed by atoms with van der Waals surface area (Å²) in [7, 11) is 0. The third-order valence-electron chi connectivity index (χ3n) is 6.48. The van der Waals surface area contributed by atoms with E-state index in [1.807, 2.05) is 30.3 Å². The summed E-state index contributed by atoms with van der Waals surface area (Å²) in [6.07, 6.45) is 2.73. The van der Waals surface area contributed by atoms with E-state index >= 15 is 0 Å². The van der Waals surface area contributed by atoms with Crippen molar-refractivity contribution in [3.8, 4) is 0 Å². The number of nitrogens with one attached hydrogen (secondary N) is 2. The number of carboxylic acids is 1. The number of hydrogen-bond acceptors (Lipinski definition) is 4. The van der Waals surface area contributed by atoms with Crippen LogP contribution in [0.4, 0.5) is 5.69 Å². The van der Waals surface area contributed by atoms with E-state index < -0.39 is 17.9 Å². The van der Waals surface area contributed by atoms with Crippen LogP contribution in [0.5, 0.6) is 0 Å². The molecular weight excluding hydrogens is 553 g/mol. The van der Waals surface area contributed by atoms with Crippen molar-refractivity contribution in [2.75, 3.05) is 18.4 Å². The second kappa shape index (κ2) is 12.8.